The SMILES string of the molecule is CCNC(=NCC1CCCN(CC)C1)N(C)Cc1ccccc1OC.I. The highest BCUT2D eigenvalue weighted by molar-refractivity contribution is 14.0. The molecular formula is C20H35IN4O. The average Bonchev–Trinajstić information content (AvgIpc) is 2.65. The van der Waals surface area contributed by atoms with Crippen LogP contribution in [0, 0.1) is 5.92 Å². The Morgan fingerprint density at radius 2 is 2.12 bits per heavy atom. The van der Waals surface area contributed by atoms with Crippen molar-refractivity contribution in [1.82, 2.24) is 15.1 Å². The van der Waals surface area contributed by atoms with Gasteiger partial charge in [-0.05, 0) is 44.8 Å². The summed E-state index contributed by atoms with van der Waals surface area (Å²) in [4.78, 5) is 9.64. The van der Waals surface area contributed by atoms with Crippen molar-refractivity contribution in [2.45, 2.75) is 33.2 Å². The number of nitrogens with zero attached hydrogens (tertiary/aromatic N) is 3. The lowest BCUT2D eigenvalue weighted by atomic mass is 9.98. The molecule has 1 aliphatic rings. The first-order valence-corrected chi connectivity index (χ1v) is 9.51. The third kappa shape index (κ3) is 6.95. The van der Waals surface area contributed by atoms with Crippen LogP contribution in [0.2, 0.25) is 0 Å². The van der Waals surface area contributed by atoms with E-state index in [1.807, 2.05) is 12.1 Å². The van der Waals surface area contributed by atoms with Gasteiger partial charge in [0.05, 0.1) is 7.11 Å². The Morgan fingerprint density at radius 3 is 2.81 bits per heavy atom. The molecule has 6 heteroatoms. The molecule has 0 radical (unpaired) electrons. The number of hydrogen-bond donors (Lipinski definition) is 1. The van der Waals surface area contributed by atoms with Gasteiger partial charge in [-0.25, -0.2) is 0 Å². The van der Waals surface area contributed by atoms with Crippen molar-refractivity contribution < 1.29 is 4.74 Å². The van der Waals surface area contributed by atoms with Crippen LogP contribution >= 0.6 is 24.0 Å². The van der Waals surface area contributed by atoms with E-state index >= 15 is 0 Å². The van der Waals surface area contributed by atoms with E-state index in [9.17, 15) is 0 Å². The molecule has 1 aliphatic heterocycles. The van der Waals surface area contributed by atoms with Crippen molar-refractivity contribution in [3.63, 3.8) is 0 Å². The van der Waals surface area contributed by atoms with Gasteiger partial charge in [-0.2, -0.15) is 0 Å². The summed E-state index contributed by atoms with van der Waals surface area (Å²) in [6.07, 6.45) is 2.58. The maximum atomic E-state index is 5.47. The summed E-state index contributed by atoms with van der Waals surface area (Å²) < 4.78 is 5.47. The Kier molecular flexibility index (Phi) is 11.0. The molecule has 0 aliphatic carbocycles. The minimum Gasteiger partial charge on any atom is -0.496 e. The van der Waals surface area contributed by atoms with Gasteiger partial charge in [-0.1, -0.05) is 25.1 Å². The lowest BCUT2D eigenvalue weighted by molar-refractivity contribution is 0.186. The van der Waals surface area contributed by atoms with Gasteiger partial charge in [-0.3, -0.25) is 4.99 Å². The number of nitrogens with one attached hydrogen (secondary N) is 1. The van der Waals surface area contributed by atoms with E-state index in [0.29, 0.717) is 5.92 Å². The fraction of sp³-hybridized carbons (Fsp3) is 0.650. The molecule has 0 amide bonds. The third-order valence-electron chi connectivity index (χ3n) is 4.85. The predicted octanol–water partition coefficient (Wildman–Crippen LogP) is 3.44. The molecule has 1 atom stereocenters. The lowest BCUT2D eigenvalue weighted by Crippen LogP contribution is -2.40. The number of rotatable bonds is 7. The maximum absolute atomic E-state index is 5.47. The smallest absolute Gasteiger partial charge is 0.193 e. The van der Waals surface area contributed by atoms with E-state index in [4.69, 9.17) is 9.73 Å². The molecule has 1 fully saturated rings. The number of piperidine rings is 1. The van der Waals surface area contributed by atoms with Crippen molar-refractivity contribution >= 4 is 29.9 Å². The number of likely N-dealkylation sites (tertiary alicyclic amines) is 1. The zero-order valence-corrected chi connectivity index (χ0v) is 19.0. The molecule has 0 spiro atoms. The van der Waals surface area contributed by atoms with Gasteiger partial charge in [0.1, 0.15) is 5.75 Å². The van der Waals surface area contributed by atoms with Crippen LogP contribution in [-0.2, 0) is 6.54 Å². The van der Waals surface area contributed by atoms with E-state index < -0.39 is 0 Å². The van der Waals surface area contributed by atoms with Crippen molar-refractivity contribution in [1.29, 1.82) is 0 Å². The summed E-state index contributed by atoms with van der Waals surface area (Å²) in [6.45, 7) is 10.5. The van der Waals surface area contributed by atoms with Crippen LogP contribution in [0.4, 0.5) is 0 Å². The van der Waals surface area contributed by atoms with Crippen molar-refractivity contribution in [2.24, 2.45) is 10.9 Å². The summed E-state index contributed by atoms with van der Waals surface area (Å²) in [7, 11) is 3.81. The second kappa shape index (κ2) is 12.4. The minimum absolute atomic E-state index is 0. The van der Waals surface area contributed by atoms with Gasteiger partial charge in [0.25, 0.3) is 0 Å². The first-order chi connectivity index (χ1) is 12.2. The normalized spacial score (nSPS) is 18.2. The van der Waals surface area contributed by atoms with Crippen LogP contribution in [0.25, 0.3) is 0 Å². The molecule has 26 heavy (non-hydrogen) atoms. The zero-order valence-electron chi connectivity index (χ0n) is 16.7. The molecule has 0 bridgehead atoms. The topological polar surface area (TPSA) is 40.1 Å². The van der Waals surface area contributed by atoms with Gasteiger partial charge in [0, 0.05) is 38.8 Å². The van der Waals surface area contributed by atoms with Gasteiger partial charge in [0.15, 0.2) is 5.96 Å². The fourth-order valence-corrected chi connectivity index (χ4v) is 3.44. The summed E-state index contributed by atoms with van der Waals surface area (Å²) >= 11 is 0. The Hall–Kier alpha value is -1.02. The maximum Gasteiger partial charge on any atom is 0.193 e. The van der Waals surface area contributed by atoms with Crippen molar-refractivity contribution in [3.8, 4) is 5.75 Å². The molecule has 1 N–H and O–H groups in total. The monoisotopic (exact) mass is 474 g/mol. The molecule has 2 rings (SSSR count). The zero-order chi connectivity index (χ0) is 18.1. The Morgan fingerprint density at radius 1 is 1.35 bits per heavy atom. The van der Waals surface area contributed by atoms with E-state index in [0.717, 1.165) is 37.9 Å². The molecule has 5 nitrogen and oxygen atoms in total. The Balaban J connectivity index is 0.00000338. The molecule has 1 aromatic carbocycles. The fourth-order valence-electron chi connectivity index (χ4n) is 3.44. The Bertz CT molecular complexity index is 552. The van der Waals surface area contributed by atoms with Crippen LogP contribution < -0.4 is 10.1 Å². The molecule has 1 heterocycles. The second-order valence-electron chi connectivity index (χ2n) is 6.76. The third-order valence-corrected chi connectivity index (χ3v) is 4.85. The van der Waals surface area contributed by atoms with E-state index in [2.05, 4.69) is 48.1 Å². The molecule has 148 valence electrons. The largest absolute Gasteiger partial charge is 0.496 e. The summed E-state index contributed by atoms with van der Waals surface area (Å²) in [5, 5.41) is 3.43. The standard InChI is InChI=1S/C20H34N4O.HI/c1-5-21-20(22-14-17-10-9-13-24(6-2)15-17)23(3)16-18-11-7-8-12-19(18)25-4;/h7-8,11-12,17H,5-6,9-10,13-16H2,1-4H3,(H,21,22);1H. The number of aliphatic imine (C=N–C) groups is 1. The molecule has 0 aromatic heterocycles. The molecule has 1 aromatic rings. The van der Waals surface area contributed by atoms with Crippen LogP contribution in [0.1, 0.15) is 32.3 Å². The number of hydrogen-bond acceptors (Lipinski definition) is 3. The predicted molar refractivity (Wildman–Crippen MR) is 121 cm³/mol. The number of para-hydroxylation sites is 1. The molecular weight excluding hydrogens is 439 g/mol. The van der Waals surface area contributed by atoms with Crippen molar-refractivity contribution in [2.75, 3.05) is 46.9 Å². The van der Waals surface area contributed by atoms with Gasteiger partial charge in [-0.15, -0.1) is 24.0 Å². The van der Waals surface area contributed by atoms with Gasteiger partial charge >= 0.3 is 0 Å². The highest BCUT2D eigenvalue weighted by Gasteiger charge is 2.19. The van der Waals surface area contributed by atoms with Gasteiger partial charge in [0.2, 0.25) is 0 Å². The number of halogens is 1. The van der Waals surface area contributed by atoms with E-state index in [-0.39, 0.29) is 24.0 Å². The van der Waals surface area contributed by atoms with E-state index in [1.165, 1.54) is 31.5 Å². The van der Waals surface area contributed by atoms with Crippen molar-refractivity contribution in [3.05, 3.63) is 29.8 Å². The number of guanidine groups is 1. The Labute approximate surface area is 176 Å². The average molecular weight is 474 g/mol. The summed E-state index contributed by atoms with van der Waals surface area (Å²) in [5.74, 6) is 2.57. The highest BCUT2D eigenvalue weighted by Crippen LogP contribution is 2.19. The first-order valence-electron chi connectivity index (χ1n) is 9.51. The second-order valence-corrected chi connectivity index (χ2v) is 6.76. The number of ether oxygens (including phenoxy) is 1. The van der Waals surface area contributed by atoms with Crippen LogP contribution in [0.3, 0.4) is 0 Å². The van der Waals surface area contributed by atoms with Crippen LogP contribution in [0.5, 0.6) is 5.75 Å². The van der Waals surface area contributed by atoms with E-state index in [1.54, 1.807) is 7.11 Å². The summed E-state index contributed by atoms with van der Waals surface area (Å²) in [5.41, 5.74) is 1.17. The molecule has 0 saturated carbocycles. The van der Waals surface area contributed by atoms with Gasteiger partial charge < -0.3 is 19.9 Å². The molecule has 1 unspecified atom stereocenters. The highest BCUT2D eigenvalue weighted by atomic mass is 127. The van der Waals surface area contributed by atoms with Crippen LogP contribution in [0.15, 0.2) is 29.3 Å². The lowest BCUT2D eigenvalue weighted by Gasteiger charge is -2.31. The summed E-state index contributed by atoms with van der Waals surface area (Å²) in [6, 6.07) is 8.18. The van der Waals surface area contributed by atoms with Crippen LogP contribution in [-0.4, -0.2) is 62.6 Å². The quantitative estimate of drug-likeness (QED) is 0.374. The first kappa shape index (κ1) is 23.0. The minimum atomic E-state index is 0. The molecule has 1 saturated heterocycles. The number of benzene rings is 1. The number of methoxy groups -OCH3 is 1.